The van der Waals surface area contributed by atoms with Crippen LogP contribution in [0, 0.1) is 5.82 Å². The fourth-order valence-electron chi connectivity index (χ4n) is 2.25. The van der Waals surface area contributed by atoms with Gasteiger partial charge < -0.3 is 10.1 Å². The maximum Gasteiger partial charge on any atom is 0.422 e. The highest BCUT2D eigenvalue weighted by molar-refractivity contribution is 5.60. The van der Waals surface area contributed by atoms with Crippen LogP contribution in [0.15, 0.2) is 48.5 Å². The lowest BCUT2D eigenvalue weighted by molar-refractivity contribution is -0.154. The average molecular weight is 432 g/mol. The van der Waals surface area contributed by atoms with Gasteiger partial charge in [-0.3, -0.25) is 0 Å². The summed E-state index contributed by atoms with van der Waals surface area (Å²) >= 11 is 0. The number of hydrogen-bond acceptors (Lipinski definition) is 5. The fourth-order valence-corrected chi connectivity index (χ4v) is 2.25. The van der Waals surface area contributed by atoms with Crippen molar-refractivity contribution in [2.24, 2.45) is 0 Å². The maximum absolute atomic E-state index is 13.1. The van der Waals surface area contributed by atoms with Gasteiger partial charge in [0, 0.05) is 11.3 Å². The molecule has 3 aromatic rings. The Morgan fingerprint density at radius 2 is 1.57 bits per heavy atom. The number of ether oxygens (including phenoxy) is 1. The number of benzene rings is 2. The first kappa shape index (κ1) is 21.3. The zero-order valence-electron chi connectivity index (χ0n) is 14.7. The number of rotatable bonds is 5. The van der Waals surface area contributed by atoms with Crippen molar-refractivity contribution < 1.29 is 35.5 Å². The quantitative estimate of drug-likeness (QED) is 0.549. The highest BCUT2D eigenvalue weighted by atomic mass is 19.4. The molecular formula is C18H11F7N4O. The molecule has 0 spiro atoms. The van der Waals surface area contributed by atoms with Gasteiger partial charge in [-0.1, -0.05) is 6.07 Å². The molecule has 5 nitrogen and oxygen atoms in total. The highest BCUT2D eigenvalue weighted by Gasteiger charge is 2.31. The van der Waals surface area contributed by atoms with Crippen molar-refractivity contribution in [3.63, 3.8) is 0 Å². The van der Waals surface area contributed by atoms with Gasteiger partial charge in [-0.05, 0) is 42.5 Å². The van der Waals surface area contributed by atoms with E-state index in [0.29, 0.717) is 0 Å². The lowest BCUT2D eigenvalue weighted by Gasteiger charge is -2.12. The third-order valence-electron chi connectivity index (χ3n) is 3.53. The average Bonchev–Trinajstić information content (AvgIpc) is 2.66. The Kier molecular flexibility index (Phi) is 5.76. The van der Waals surface area contributed by atoms with Gasteiger partial charge in [-0.15, -0.1) is 0 Å². The number of anilines is 2. The Labute approximate surface area is 164 Å². The Morgan fingerprint density at radius 1 is 0.867 bits per heavy atom. The molecule has 12 heteroatoms. The van der Waals surface area contributed by atoms with Crippen LogP contribution in [0.3, 0.4) is 0 Å². The number of nitrogens with one attached hydrogen (secondary N) is 1. The fraction of sp³-hybridized carbons (Fsp3) is 0.167. The van der Waals surface area contributed by atoms with Crippen molar-refractivity contribution in [1.29, 1.82) is 0 Å². The molecule has 1 aromatic heterocycles. The highest BCUT2D eigenvalue weighted by Crippen LogP contribution is 2.31. The Hall–Kier alpha value is -3.44. The molecule has 30 heavy (non-hydrogen) atoms. The number of aromatic nitrogens is 3. The summed E-state index contributed by atoms with van der Waals surface area (Å²) in [5.41, 5.74) is -0.792. The van der Waals surface area contributed by atoms with Gasteiger partial charge >= 0.3 is 18.4 Å². The van der Waals surface area contributed by atoms with Crippen LogP contribution >= 0.6 is 0 Å². The zero-order valence-corrected chi connectivity index (χ0v) is 14.7. The summed E-state index contributed by atoms with van der Waals surface area (Å²) in [6.07, 6.45) is -9.27. The van der Waals surface area contributed by atoms with Gasteiger partial charge in [0.15, 0.2) is 12.4 Å². The normalized spacial score (nSPS) is 12.0. The van der Waals surface area contributed by atoms with Crippen molar-refractivity contribution in [1.82, 2.24) is 15.0 Å². The van der Waals surface area contributed by atoms with E-state index < -0.39 is 36.4 Å². The van der Waals surface area contributed by atoms with Gasteiger partial charge in [0.2, 0.25) is 5.95 Å². The molecule has 1 heterocycles. The standard InChI is InChI=1S/C18H11F7N4O/c19-12-6-4-10(5-7-12)14-27-15(29-16(28-14)30-9-17(20,21)22)26-13-3-1-2-11(8-13)18(23,24)25/h1-8H,9H2,(H,26,27,28,29). The molecule has 0 fully saturated rings. The van der Waals surface area contributed by atoms with Crippen molar-refractivity contribution in [3.8, 4) is 17.4 Å². The first-order chi connectivity index (χ1) is 14.0. The molecule has 0 saturated heterocycles. The first-order valence-corrected chi connectivity index (χ1v) is 8.15. The summed E-state index contributed by atoms with van der Waals surface area (Å²) in [6, 6.07) is 8.03. The number of hydrogen-bond donors (Lipinski definition) is 1. The molecule has 0 aliphatic carbocycles. The molecule has 2 aromatic carbocycles. The van der Waals surface area contributed by atoms with Crippen molar-refractivity contribution >= 4 is 11.6 Å². The molecule has 0 aliphatic rings. The summed E-state index contributed by atoms with van der Waals surface area (Å²) in [5, 5.41) is 2.48. The smallest absolute Gasteiger partial charge is 0.422 e. The molecule has 0 bridgehead atoms. The molecule has 3 rings (SSSR count). The molecule has 0 saturated carbocycles. The van der Waals surface area contributed by atoms with Crippen LogP contribution in [0.5, 0.6) is 6.01 Å². The van der Waals surface area contributed by atoms with Gasteiger partial charge in [-0.2, -0.15) is 41.3 Å². The molecule has 158 valence electrons. The first-order valence-electron chi connectivity index (χ1n) is 8.15. The van der Waals surface area contributed by atoms with E-state index in [1.807, 2.05) is 0 Å². The molecule has 0 aliphatic heterocycles. The lowest BCUT2D eigenvalue weighted by Crippen LogP contribution is -2.20. The van der Waals surface area contributed by atoms with Gasteiger partial charge in [0.25, 0.3) is 0 Å². The molecule has 0 radical (unpaired) electrons. The van der Waals surface area contributed by atoms with E-state index >= 15 is 0 Å². The lowest BCUT2D eigenvalue weighted by atomic mass is 10.2. The van der Waals surface area contributed by atoms with Gasteiger partial charge in [0.05, 0.1) is 5.56 Å². The van der Waals surface area contributed by atoms with Crippen LogP contribution in [0.2, 0.25) is 0 Å². The van der Waals surface area contributed by atoms with Crippen molar-refractivity contribution in [2.45, 2.75) is 12.4 Å². The largest absolute Gasteiger partial charge is 0.454 e. The third kappa shape index (κ3) is 5.78. The van der Waals surface area contributed by atoms with Crippen LogP contribution in [0.1, 0.15) is 5.56 Å². The summed E-state index contributed by atoms with van der Waals surface area (Å²) in [6.45, 7) is -1.69. The van der Waals surface area contributed by atoms with E-state index in [9.17, 15) is 30.7 Å². The SMILES string of the molecule is Fc1ccc(-c2nc(Nc3cccc(C(F)(F)F)c3)nc(OCC(F)(F)F)n2)cc1. The second kappa shape index (κ2) is 8.13. The minimum absolute atomic E-state index is 0.0668. The molecule has 0 amide bonds. The van der Waals surface area contributed by atoms with Gasteiger partial charge in [0.1, 0.15) is 5.82 Å². The van der Waals surface area contributed by atoms with E-state index in [-0.39, 0.29) is 23.0 Å². The Morgan fingerprint density at radius 3 is 2.20 bits per heavy atom. The third-order valence-corrected chi connectivity index (χ3v) is 3.53. The summed E-state index contributed by atoms with van der Waals surface area (Å²) < 4.78 is 93.6. The Bertz CT molecular complexity index is 1020. The van der Waals surface area contributed by atoms with Crippen LogP contribution in [0.4, 0.5) is 42.4 Å². The summed E-state index contributed by atoms with van der Waals surface area (Å²) in [7, 11) is 0. The van der Waals surface area contributed by atoms with Crippen LogP contribution in [-0.2, 0) is 6.18 Å². The van der Waals surface area contributed by atoms with Crippen LogP contribution < -0.4 is 10.1 Å². The minimum Gasteiger partial charge on any atom is -0.454 e. The Balaban J connectivity index is 1.96. The summed E-state index contributed by atoms with van der Waals surface area (Å²) in [5.74, 6) is -1.10. The van der Waals surface area contributed by atoms with E-state index in [1.54, 1.807) is 0 Å². The summed E-state index contributed by atoms with van der Waals surface area (Å²) in [4.78, 5) is 11.4. The maximum atomic E-state index is 13.1. The topological polar surface area (TPSA) is 59.9 Å². The van der Waals surface area contributed by atoms with E-state index in [2.05, 4.69) is 25.0 Å². The molecule has 0 atom stereocenters. The van der Waals surface area contributed by atoms with Crippen LogP contribution in [0.25, 0.3) is 11.4 Å². The second-order valence-corrected chi connectivity index (χ2v) is 5.88. The number of halogens is 7. The van der Waals surface area contributed by atoms with Gasteiger partial charge in [-0.25, -0.2) is 4.39 Å². The minimum atomic E-state index is -4.67. The van der Waals surface area contributed by atoms with Crippen molar-refractivity contribution in [2.75, 3.05) is 11.9 Å². The molecule has 0 unspecified atom stereocenters. The second-order valence-electron chi connectivity index (χ2n) is 5.88. The van der Waals surface area contributed by atoms with Crippen LogP contribution in [-0.4, -0.2) is 27.7 Å². The van der Waals surface area contributed by atoms with E-state index in [1.165, 1.54) is 18.2 Å². The zero-order chi connectivity index (χ0) is 21.9. The monoisotopic (exact) mass is 432 g/mol. The molecular weight excluding hydrogens is 421 g/mol. The van der Waals surface area contributed by atoms with Crippen molar-refractivity contribution in [3.05, 3.63) is 59.9 Å². The number of alkyl halides is 6. The predicted octanol–water partition coefficient (Wildman–Crippen LogP) is 5.38. The van der Waals surface area contributed by atoms with E-state index in [4.69, 9.17) is 0 Å². The number of nitrogens with zero attached hydrogens (tertiary/aromatic N) is 3. The molecule has 1 N–H and O–H groups in total. The van der Waals surface area contributed by atoms with E-state index in [0.717, 1.165) is 30.3 Å². The predicted molar refractivity (Wildman–Crippen MR) is 91.5 cm³/mol.